The van der Waals surface area contributed by atoms with Crippen LogP contribution in [0.2, 0.25) is 0 Å². The van der Waals surface area contributed by atoms with E-state index in [2.05, 4.69) is 46.4 Å². The van der Waals surface area contributed by atoms with Gasteiger partial charge in [-0.15, -0.1) is 11.3 Å². The second kappa shape index (κ2) is 9.17. The van der Waals surface area contributed by atoms with Crippen LogP contribution in [0, 0.1) is 6.92 Å². The van der Waals surface area contributed by atoms with Gasteiger partial charge in [-0.05, 0) is 50.0 Å². The van der Waals surface area contributed by atoms with E-state index in [-0.39, 0.29) is 18.4 Å². The molecule has 0 aliphatic carbocycles. The number of hydrogen-bond acceptors (Lipinski definition) is 5. The quantitative estimate of drug-likeness (QED) is 0.618. The maximum Gasteiger partial charge on any atom is 0.236 e. The van der Waals surface area contributed by atoms with Crippen LogP contribution in [0.25, 0.3) is 10.8 Å². The lowest BCUT2D eigenvalue weighted by molar-refractivity contribution is -0.120. The summed E-state index contributed by atoms with van der Waals surface area (Å²) in [7, 11) is 4.05. The molecule has 1 unspecified atom stereocenters. The Kier molecular flexibility index (Phi) is 6.65. The fourth-order valence-corrected chi connectivity index (χ4v) is 3.75. The number of rotatable bonds is 8. The Morgan fingerprint density at radius 3 is 2.61 bits per heavy atom. The molecule has 5 nitrogen and oxygen atoms in total. The number of aromatic nitrogens is 1. The first-order chi connectivity index (χ1) is 13.5. The Labute approximate surface area is 170 Å². The number of amides is 1. The number of carbonyl (C=O) groups excluding carboxylic acids is 1. The van der Waals surface area contributed by atoms with E-state index in [1.807, 2.05) is 38.5 Å². The van der Waals surface area contributed by atoms with Gasteiger partial charge in [0, 0.05) is 6.54 Å². The molecule has 0 saturated carbocycles. The van der Waals surface area contributed by atoms with Crippen molar-refractivity contribution in [1.82, 2.24) is 15.2 Å². The van der Waals surface area contributed by atoms with Crippen LogP contribution in [-0.2, 0) is 17.6 Å². The highest BCUT2D eigenvalue weighted by atomic mass is 32.1. The van der Waals surface area contributed by atoms with Crippen LogP contribution in [0.5, 0.6) is 0 Å². The number of benzene rings is 1. The summed E-state index contributed by atoms with van der Waals surface area (Å²) in [5.41, 5.74) is 3.20. The van der Waals surface area contributed by atoms with Crippen molar-refractivity contribution in [1.29, 1.82) is 0 Å². The van der Waals surface area contributed by atoms with E-state index < -0.39 is 0 Å². The number of aryl methyl sites for hydroxylation is 2. The van der Waals surface area contributed by atoms with Crippen LogP contribution >= 0.6 is 11.3 Å². The first-order valence-electron chi connectivity index (χ1n) is 9.50. The fourth-order valence-electron chi connectivity index (χ4n) is 3.10. The molecule has 0 spiro atoms. The molecule has 0 fully saturated rings. The van der Waals surface area contributed by atoms with E-state index in [4.69, 9.17) is 4.42 Å². The van der Waals surface area contributed by atoms with Gasteiger partial charge < -0.3 is 14.6 Å². The first-order valence-corrected chi connectivity index (χ1v) is 10.4. The van der Waals surface area contributed by atoms with Gasteiger partial charge in [0.05, 0.1) is 23.0 Å². The van der Waals surface area contributed by atoms with Crippen LogP contribution in [0.4, 0.5) is 0 Å². The van der Waals surface area contributed by atoms with Crippen LogP contribution < -0.4 is 5.32 Å². The number of nitrogens with zero attached hydrogens (tertiary/aromatic N) is 2. The monoisotopic (exact) mass is 397 g/mol. The smallest absolute Gasteiger partial charge is 0.236 e. The third-order valence-corrected chi connectivity index (χ3v) is 5.70. The number of carbonyl (C=O) groups is 1. The zero-order valence-electron chi connectivity index (χ0n) is 16.9. The summed E-state index contributed by atoms with van der Waals surface area (Å²) in [4.78, 5) is 20.1. The maximum absolute atomic E-state index is 12.5. The summed E-state index contributed by atoms with van der Waals surface area (Å²) >= 11 is 1.57. The average molecular weight is 398 g/mol. The van der Waals surface area contributed by atoms with Crippen molar-refractivity contribution >= 4 is 17.2 Å². The van der Waals surface area contributed by atoms with Crippen molar-refractivity contribution in [3.8, 4) is 10.8 Å². The topological polar surface area (TPSA) is 58.4 Å². The second-order valence-corrected chi connectivity index (χ2v) is 8.00. The largest absolute Gasteiger partial charge is 0.440 e. The van der Waals surface area contributed by atoms with E-state index in [1.54, 1.807) is 11.3 Å². The van der Waals surface area contributed by atoms with Crippen LogP contribution in [0.3, 0.4) is 0 Å². The summed E-state index contributed by atoms with van der Waals surface area (Å²) < 4.78 is 5.73. The molecular weight excluding hydrogens is 370 g/mol. The van der Waals surface area contributed by atoms with Crippen molar-refractivity contribution in [2.45, 2.75) is 32.7 Å². The van der Waals surface area contributed by atoms with E-state index in [1.165, 1.54) is 11.1 Å². The van der Waals surface area contributed by atoms with Gasteiger partial charge >= 0.3 is 0 Å². The standard InChI is InChI=1S/C22H27N3O2S/c1-5-16-8-10-17(11-9-16)19(25(3)4)14-23-21(26)13-18-15(2)27-22(24-18)20-7-6-12-28-20/h6-12,19H,5,13-14H2,1-4H3,(H,23,26). The minimum absolute atomic E-state index is 0.0499. The Balaban J connectivity index is 1.62. The van der Waals surface area contributed by atoms with E-state index in [0.29, 0.717) is 23.9 Å². The predicted octanol–water partition coefficient (Wildman–Crippen LogP) is 4.24. The lowest BCUT2D eigenvalue weighted by atomic mass is 10.0. The van der Waals surface area contributed by atoms with Crippen LogP contribution in [0.15, 0.2) is 46.2 Å². The maximum atomic E-state index is 12.5. The molecule has 3 rings (SSSR count). The van der Waals surface area contributed by atoms with Crippen molar-refractivity contribution in [3.63, 3.8) is 0 Å². The Bertz CT molecular complexity index is 899. The molecule has 28 heavy (non-hydrogen) atoms. The van der Waals surface area contributed by atoms with Gasteiger partial charge in [-0.3, -0.25) is 4.79 Å². The van der Waals surface area contributed by atoms with Gasteiger partial charge in [0.2, 0.25) is 11.8 Å². The van der Waals surface area contributed by atoms with Crippen LogP contribution in [0.1, 0.15) is 35.5 Å². The summed E-state index contributed by atoms with van der Waals surface area (Å²) in [6.07, 6.45) is 1.24. The number of thiophene rings is 1. The number of likely N-dealkylation sites (N-methyl/N-ethyl adjacent to an activating group) is 1. The molecule has 1 amide bonds. The molecule has 6 heteroatoms. The lowest BCUT2D eigenvalue weighted by Crippen LogP contribution is -2.35. The zero-order chi connectivity index (χ0) is 20.1. The fraction of sp³-hybridized carbons (Fsp3) is 0.364. The van der Waals surface area contributed by atoms with E-state index in [0.717, 1.165) is 11.3 Å². The van der Waals surface area contributed by atoms with Crippen molar-refractivity contribution < 1.29 is 9.21 Å². The summed E-state index contributed by atoms with van der Waals surface area (Å²) in [6, 6.07) is 12.6. The van der Waals surface area contributed by atoms with Crippen molar-refractivity contribution in [2.75, 3.05) is 20.6 Å². The van der Waals surface area contributed by atoms with Gasteiger partial charge in [-0.2, -0.15) is 0 Å². The molecule has 0 saturated heterocycles. The molecule has 0 aliphatic heterocycles. The molecule has 0 bridgehead atoms. The molecular formula is C22H27N3O2S. The lowest BCUT2D eigenvalue weighted by Gasteiger charge is -2.25. The Morgan fingerprint density at radius 1 is 1.25 bits per heavy atom. The molecule has 1 N–H and O–H groups in total. The number of hydrogen-bond donors (Lipinski definition) is 1. The Morgan fingerprint density at radius 2 is 2.00 bits per heavy atom. The van der Waals surface area contributed by atoms with Gasteiger partial charge in [-0.1, -0.05) is 37.3 Å². The Hall–Kier alpha value is -2.44. The SMILES string of the molecule is CCc1ccc(C(CNC(=O)Cc2nc(-c3cccs3)oc2C)N(C)C)cc1. The normalized spacial score (nSPS) is 12.3. The zero-order valence-corrected chi connectivity index (χ0v) is 17.7. The minimum atomic E-state index is -0.0499. The predicted molar refractivity (Wildman–Crippen MR) is 114 cm³/mol. The van der Waals surface area contributed by atoms with Gasteiger partial charge in [-0.25, -0.2) is 4.98 Å². The molecule has 2 heterocycles. The average Bonchev–Trinajstić information content (AvgIpc) is 3.32. The third kappa shape index (κ3) is 4.88. The van der Waals surface area contributed by atoms with E-state index in [9.17, 15) is 4.79 Å². The minimum Gasteiger partial charge on any atom is -0.440 e. The third-order valence-electron chi connectivity index (χ3n) is 4.84. The van der Waals surface area contributed by atoms with Gasteiger partial charge in [0.25, 0.3) is 0 Å². The highest BCUT2D eigenvalue weighted by Crippen LogP contribution is 2.26. The number of nitrogens with one attached hydrogen (secondary N) is 1. The van der Waals surface area contributed by atoms with E-state index >= 15 is 0 Å². The van der Waals surface area contributed by atoms with Crippen molar-refractivity contribution in [3.05, 3.63) is 64.4 Å². The molecule has 3 aromatic rings. The second-order valence-electron chi connectivity index (χ2n) is 7.05. The number of oxazole rings is 1. The highest BCUT2D eigenvalue weighted by Gasteiger charge is 2.18. The van der Waals surface area contributed by atoms with Crippen molar-refractivity contribution in [2.24, 2.45) is 0 Å². The molecule has 1 aromatic carbocycles. The van der Waals surface area contributed by atoms with Gasteiger partial charge in [0.1, 0.15) is 5.76 Å². The molecule has 1 atom stereocenters. The van der Waals surface area contributed by atoms with Crippen LogP contribution in [-0.4, -0.2) is 36.4 Å². The highest BCUT2D eigenvalue weighted by molar-refractivity contribution is 7.13. The van der Waals surface area contributed by atoms with Gasteiger partial charge in [0.15, 0.2) is 0 Å². The molecule has 0 radical (unpaired) electrons. The molecule has 2 aromatic heterocycles. The summed E-state index contributed by atoms with van der Waals surface area (Å²) in [5, 5.41) is 5.03. The summed E-state index contributed by atoms with van der Waals surface area (Å²) in [6.45, 7) is 4.55. The molecule has 148 valence electrons. The molecule has 0 aliphatic rings. The summed E-state index contributed by atoms with van der Waals surface area (Å²) in [5.74, 6) is 1.22. The first kappa shape index (κ1) is 20.3.